The van der Waals surface area contributed by atoms with Crippen molar-refractivity contribution in [2.45, 2.75) is 137 Å². The van der Waals surface area contributed by atoms with Crippen LogP contribution in [-0.4, -0.2) is 42.1 Å². The first-order chi connectivity index (χ1) is 13.2. The highest BCUT2D eigenvalue weighted by Gasteiger charge is 2.23. The molecule has 0 spiro atoms. The van der Waals surface area contributed by atoms with Crippen molar-refractivity contribution in [3.63, 3.8) is 0 Å². The zero-order chi connectivity index (χ0) is 20.2. The van der Waals surface area contributed by atoms with Crippen LogP contribution in [0.15, 0.2) is 0 Å². The van der Waals surface area contributed by atoms with Crippen LogP contribution in [0.1, 0.15) is 131 Å². The van der Waals surface area contributed by atoms with Crippen molar-refractivity contribution in [1.29, 1.82) is 0 Å². The van der Waals surface area contributed by atoms with Gasteiger partial charge in [-0.3, -0.25) is 9.80 Å². The SMILES string of the molecule is CCCCCN(CCCCC)C(CCCC)N(CCCCC)CCCCC. The predicted octanol–water partition coefficient (Wildman–Crippen LogP) is 7.87. The first-order valence-electron chi connectivity index (χ1n) is 12.7. The van der Waals surface area contributed by atoms with Gasteiger partial charge < -0.3 is 0 Å². The van der Waals surface area contributed by atoms with Gasteiger partial charge in [0.2, 0.25) is 0 Å². The lowest BCUT2D eigenvalue weighted by Gasteiger charge is -2.40. The quantitative estimate of drug-likeness (QED) is 0.147. The van der Waals surface area contributed by atoms with Gasteiger partial charge in [0.05, 0.1) is 6.17 Å². The number of hydrogen-bond donors (Lipinski definition) is 0. The van der Waals surface area contributed by atoms with Gasteiger partial charge in [0, 0.05) is 0 Å². The Morgan fingerprint density at radius 1 is 0.407 bits per heavy atom. The fourth-order valence-electron chi connectivity index (χ4n) is 4.06. The third-order valence-corrected chi connectivity index (χ3v) is 5.85. The molecule has 0 aliphatic rings. The first-order valence-corrected chi connectivity index (χ1v) is 12.7. The van der Waals surface area contributed by atoms with E-state index in [9.17, 15) is 0 Å². The van der Waals surface area contributed by atoms with Crippen LogP contribution in [0, 0.1) is 0 Å². The summed E-state index contributed by atoms with van der Waals surface area (Å²) >= 11 is 0. The molecule has 0 rings (SSSR count). The minimum absolute atomic E-state index is 0.687. The molecule has 0 amide bonds. The van der Waals surface area contributed by atoms with E-state index in [0.717, 1.165) is 0 Å². The van der Waals surface area contributed by atoms with Crippen LogP contribution in [0.5, 0.6) is 0 Å². The molecule has 0 unspecified atom stereocenters. The molecule has 0 N–H and O–H groups in total. The minimum atomic E-state index is 0.687. The van der Waals surface area contributed by atoms with Crippen molar-refractivity contribution >= 4 is 0 Å². The zero-order valence-corrected chi connectivity index (χ0v) is 19.9. The van der Waals surface area contributed by atoms with Crippen LogP contribution in [0.25, 0.3) is 0 Å². The molecule has 2 heteroatoms. The van der Waals surface area contributed by atoms with Crippen LogP contribution in [0.4, 0.5) is 0 Å². The number of hydrogen-bond acceptors (Lipinski definition) is 2. The van der Waals surface area contributed by atoms with Crippen molar-refractivity contribution in [3.8, 4) is 0 Å². The van der Waals surface area contributed by atoms with E-state index in [-0.39, 0.29) is 0 Å². The van der Waals surface area contributed by atoms with E-state index < -0.39 is 0 Å². The molecule has 0 heterocycles. The van der Waals surface area contributed by atoms with E-state index in [1.54, 1.807) is 0 Å². The second-order valence-electron chi connectivity index (χ2n) is 8.52. The molecule has 164 valence electrons. The molecule has 0 aromatic carbocycles. The van der Waals surface area contributed by atoms with Gasteiger partial charge in [-0.25, -0.2) is 0 Å². The van der Waals surface area contributed by atoms with Crippen LogP contribution < -0.4 is 0 Å². The molecule has 0 saturated carbocycles. The summed E-state index contributed by atoms with van der Waals surface area (Å²) in [6.45, 7) is 16.9. The second-order valence-corrected chi connectivity index (χ2v) is 8.52. The van der Waals surface area contributed by atoms with E-state index >= 15 is 0 Å². The van der Waals surface area contributed by atoms with E-state index in [1.807, 2.05) is 0 Å². The molecule has 27 heavy (non-hydrogen) atoms. The van der Waals surface area contributed by atoms with Crippen LogP contribution in [-0.2, 0) is 0 Å². The molecule has 0 aromatic rings. The summed E-state index contributed by atoms with van der Waals surface area (Å²) in [6, 6.07) is 0. The Balaban J connectivity index is 5.10. The number of unbranched alkanes of at least 4 members (excludes halogenated alkanes) is 9. The van der Waals surface area contributed by atoms with Crippen LogP contribution in [0.3, 0.4) is 0 Å². The molecule has 0 aliphatic heterocycles. The van der Waals surface area contributed by atoms with Gasteiger partial charge >= 0.3 is 0 Å². The van der Waals surface area contributed by atoms with Crippen molar-refractivity contribution in [2.75, 3.05) is 26.2 Å². The third kappa shape index (κ3) is 14.6. The monoisotopic (exact) mass is 382 g/mol. The Hall–Kier alpha value is -0.0800. The van der Waals surface area contributed by atoms with E-state index in [1.165, 1.54) is 122 Å². The first kappa shape index (κ1) is 26.9. The number of rotatable bonds is 21. The van der Waals surface area contributed by atoms with Gasteiger partial charge in [-0.1, -0.05) is 98.8 Å². The molecular formula is C25H54N2. The standard InChI is InChI=1S/C25H54N2/c1-6-11-16-21-26(22-17-12-7-2)25(20-15-10-5)27(23-18-13-8-3)24-19-14-9-4/h25H,6-24H2,1-5H3. The van der Waals surface area contributed by atoms with E-state index in [4.69, 9.17) is 0 Å². The molecule has 0 radical (unpaired) electrons. The van der Waals surface area contributed by atoms with Gasteiger partial charge in [-0.15, -0.1) is 0 Å². The smallest absolute Gasteiger partial charge is 0.0622 e. The Morgan fingerprint density at radius 2 is 0.704 bits per heavy atom. The Bertz CT molecular complexity index is 235. The average Bonchev–Trinajstić information content (AvgIpc) is 2.67. The molecule has 2 nitrogen and oxygen atoms in total. The lowest BCUT2D eigenvalue weighted by molar-refractivity contribution is 0.0286. The predicted molar refractivity (Wildman–Crippen MR) is 125 cm³/mol. The summed E-state index contributed by atoms with van der Waals surface area (Å²) in [5, 5.41) is 0. The summed E-state index contributed by atoms with van der Waals surface area (Å²) < 4.78 is 0. The second kappa shape index (κ2) is 20.6. The topological polar surface area (TPSA) is 6.48 Å². The van der Waals surface area contributed by atoms with Crippen molar-refractivity contribution in [1.82, 2.24) is 9.80 Å². The minimum Gasteiger partial charge on any atom is -0.288 e. The van der Waals surface area contributed by atoms with E-state index in [0.29, 0.717) is 6.17 Å². The maximum atomic E-state index is 2.89. The maximum Gasteiger partial charge on any atom is 0.0622 e. The molecule has 0 aromatic heterocycles. The Kier molecular flexibility index (Phi) is 20.6. The van der Waals surface area contributed by atoms with Gasteiger partial charge in [0.25, 0.3) is 0 Å². The highest BCUT2D eigenvalue weighted by Crippen LogP contribution is 2.19. The lowest BCUT2D eigenvalue weighted by atomic mass is 10.1. The van der Waals surface area contributed by atoms with E-state index in [2.05, 4.69) is 44.4 Å². The zero-order valence-electron chi connectivity index (χ0n) is 19.9. The van der Waals surface area contributed by atoms with Crippen molar-refractivity contribution in [3.05, 3.63) is 0 Å². The van der Waals surface area contributed by atoms with Crippen LogP contribution >= 0.6 is 0 Å². The lowest BCUT2D eigenvalue weighted by Crippen LogP contribution is -2.50. The summed E-state index contributed by atoms with van der Waals surface area (Å²) in [4.78, 5) is 5.78. The van der Waals surface area contributed by atoms with Gasteiger partial charge in [-0.2, -0.15) is 0 Å². The van der Waals surface area contributed by atoms with Gasteiger partial charge in [0.1, 0.15) is 0 Å². The van der Waals surface area contributed by atoms with Crippen molar-refractivity contribution in [2.24, 2.45) is 0 Å². The molecule has 0 saturated heterocycles. The average molecular weight is 383 g/mol. The third-order valence-electron chi connectivity index (χ3n) is 5.85. The Labute approximate surface area is 173 Å². The van der Waals surface area contributed by atoms with Crippen molar-refractivity contribution < 1.29 is 0 Å². The summed E-state index contributed by atoms with van der Waals surface area (Å²) in [5.41, 5.74) is 0. The fourth-order valence-corrected chi connectivity index (χ4v) is 4.06. The van der Waals surface area contributed by atoms with Gasteiger partial charge in [0.15, 0.2) is 0 Å². The Morgan fingerprint density at radius 3 is 0.963 bits per heavy atom. The van der Waals surface area contributed by atoms with Crippen LogP contribution in [0.2, 0.25) is 0 Å². The normalized spacial score (nSPS) is 12.0. The summed E-state index contributed by atoms with van der Waals surface area (Å²) in [5.74, 6) is 0. The summed E-state index contributed by atoms with van der Waals surface area (Å²) in [6.07, 6.45) is 21.1. The number of nitrogens with zero attached hydrogens (tertiary/aromatic N) is 2. The molecule has 0 aliphatic carbocycles. The fraction of sp³-hybridized carbons (Fsp3) is 1.00. The molecule has 0 fully saturated rings. The largest absolute Gasteiger partial charge is 0.288 e. The molecular weight excluding hydrogens is 328 g/mol. The molecule has 0 atom stereocenters. The molecule has 0 bridgehead atoms. The summed E-state index contributed by atoms with van der Waals surface area (Å²) in [7, 11) is 0. The maximum absolute atomic E-state index is 2.89. The van der Waals surface area contributed by atoms with Gasteiger partial charge in [-0.05, 0) is 58.3 Å². The highest BCUT2D eigenvalue weighted by atomic mass is 15.3. The highest BCUT2D eigenvalue weighted by molar-refractivity contribution is 4.75.